The number of carboxylic acids is 1. The van der Waals surface area contributed by atoms with E-state index in [-0.39, 0.29) is 6.04 Å². The molecule has 1 aliphatic rings. The van der Waals surface area contributed by atoms with Gasteiger partial charge in [0.1, 0.15) is 17.5 Å². The van der Waals surface area contributed by atoms with Crippen molar-refractivity contribution in [2.24, 2.45) is 0 Å². The number of carboxylic acid groups (broad SMARTS) is 1. The van der Waals surface area contributed by atoms with Gasteiger partial charge in [0.2, 0.25) is 0 Å². The molecular weight excluding hydrogens is 296 g/mol. The second-order valence-corrected chi connectivity index (χ2v) is 5.75. The van der Waals surface area contributed by atoms with Crippen molar-refractivity contribution in [1.82, 2.24) is 9.80 Å². The largest absolute Gasteiger partial charge is 0.497 e. The maximum atomic E-state index is 11.3. The Balaban J connectivity index is 1.97. The van der Waals surface area contributed by atoms with E-state index in [0.717, 1.165) is 49.8 Å². The molecule has 128 valence electrons. The highest BCUT2D eigenvalue weighted by Crippen LogP contribution is 2.25. The molecule has 1 atom stereocenters. The summed E-state index contributed by atoms with van der Waals surface area (Å²) in [5.74, 6) is 0.942. The third kappa shape index (κ3) is 4.36. The van der Waals surface area contributed by atoms with Gasteiger partial charge in [0.05, 0.1) is 14.2 Å². The Morgan fingerprint density at radius 2 is 1.91 bits per heavy atom. The number of methoxy groups -OCH3 is 2. The molecule has 1 heterocycles. The summed E-state index contributed by atoms with van der Waals surface area (Å²) >= 11 is 0. The van der Waals surface area contributed by atoms with Crippen LogP contribution in [0.5, 0.6) is 11.5 Å². The number of carbonyl (C=O) groups is 1. The Kier molecular flexibility index (Phi) is 6.24. The van der Waals surface area contributed by atoms with Gasteiger partial charge in [-0.25, -0.2) is 0 Å². The van der Waals surface area contributed by atoms with E-state index >= 15 is 0 Å². The fourth-order valence-electron chi connectivity index (χ4n) is 3.07. The predicted octanol–water partition coefficient (Wildman–Crippen LogP) is 1.68. The van der Waals surface area contributed by atoms with Gasteiger partial charge >= 0.3 is 5.97 Å². The van der Waals surface area contributed by atoms with Crippen LogP contribution >= 0.6 is 0 Å². The Bertz CT molecular complexity index is 527. The quantitative estimate of drug-likeness (QED) is 0.824. The van der Waals surface area contributed by atoms with Crippen LogP contribution in [0, 0.1) is 0 Å². The molecule has 0 bridgehead atoms. The van der Waals surface area contributed by atoms with E-state index in [4.69, 9.17) is 9.47 Å². The zero-order valence-corrected chi connectivity index (χ0v) is 14.1. The lowest BCUT2D eigenvalue weighted by molar-refractivity contribution is -0.144. The van der Waals surface area contributed by atoms with Crippen LogP contribution in [0.15, 0.2) is 18.2 Å². The molecule has 0 amide bonds. The number of nitrogens with zero attached hydrogens (tertiary/aromatic N) is 2. The highest BCUT2D eigenvalue weighted by Gasteiger charge is 2.27. The van der Waals surface area contributed by atoms with Crippen LogP contribution in [-0.4, -0.2) is 67.3 Å². The van der Waals surface area contributed by atoms with Gasteiger partial charge in [-0.2, -0.15) is 0 Å². The number of rotatable bonds is 7. The van der Waals surface area contributed by atoms with E-state index < -0.39 is 5.97 Å². The third-order valence-corrected chi connectivity index (χ3v) is 4.40. The zero-order chi connectivity index (χ0) is 16.8. The van der Waals surface area contributed by atoms with Gasteiger partial charge in [-0.1, -0.05) is 6.92 Å². The Morgan fingerprint density at radius 3 is 2.43 bits per heavy atom. The van der Waals surface area contributed by atoms with Crippen molar-refractivity contribution in [2.75, 3.05) is 40.4 Å². The standard InChI is InChI=1S/C17H26N2O4/c1-4-15(17(20)21)19-9-7-18(8-10-19)12-13-11-14(22-2)5-6-16(13)23-3/h5-6,11,15H,4,7-10,12H2,1-3H3,(H,20,21). The monoisotopic (exact) mass is 322 g/mol. The van der Waals surface area contributed by atoms with E-state index in [2.05, 4.69) is 9.80 Å². The van der Waals surface area contributed by atoms with Crippen LogP contribution in [0.25, 0.3) is 0 Å². The summed E-state index contributed by atoms with van der Waals surface area (Å²) in [4.78, 5) is 15.6. The number of piperazine rings is 1. The van der Waals surface area contributed by atoms with E-state index in [1.165, 1.54) is 0 Å². The predicted molar refractivity (Wildman–Crippen MR) is 88.1 cm³/mol. The van der Waals surface area contributed by atoms with Gasteiger partial charge < -0.3 is 14.6 Å². The highest BCUT2D eigenvalue weighted by atomic mass is 16.5. The van der Waals surface area contributed by atoms with Crippen LogP contribution in [-0.2, 0) is 11.3 Å². The fourth-order valence-corrected chi connectivity index (χ4v) is 3.07. The summed E-state index contributed by atoms with van der Waals surface area (Å²) in [6.07, 6.45) is 0.638. The molecular formula is C17H26N2O4. The second kappa shape index (κ2) is 8.17. The number of ether oxygens (including phenoxy) is 2. The van der Waals surface area contributed by atoms with Crippen molar-refractivity contribution in [2.45, 2.75) is 25.9 Å². The molecule has 0 radical (unpaired) electrons. The maximum Gasteiger partial charge on any atom is 0.320 e. The Labute approximate surface area is 137 Å². The zero-order valence-electron chi connectivity index (χ0n) is 14.1. The SMILES string of the molecule is CCC(C(=O)O)N1CCN(Cc2cc(OC)ccc2OC)CC1. The molecule has 0 saturated carbocycles. The molecule has 6 heteroatoms. The van der Waals surface area contributed by atoms with Crippen LogP contribution in [0.2, 0.25) is 0 Å². The molecule has 2 rings (SSSR count). The molecule has 1 aliphatic heterocycles. The van der Waals surface area contributed by atoms with Gasteiger partial charge in [-0.15, -0.1) is 0 Å². The van der Waals surface area contributed by atoms with Gasteiger partial charge in [0, 0.05) is 38.3 Å². The molecule has 1 fully saturated rings. The van der Waals surface area contributed by atoms with Crippen molar-refractivity contribution in [3.8, 4) is 11.5 Å². The third-order valence-electron chi connectivity index (χ3n) is 4.40. The first-order valence-corrected chi connectivity index (χ1v) is 7.99. The molecule has 0 spiro atoms. The summed E-state index contributed by atoms with van der Waals surface area (Å²) in [5.41, 5.74) is 1.09. The first-order chi connectivity index (χ1) is 11.1. The summed E-state index contributed by atoms with van der Waals surface area (Å²) in [5, 5.41) is 9.27. The molecule has 1 aromatic carbocycles. The van der Waals surface area contributed by atoms with Crippen molar-refractivity contribution >= 4 is 5.97 Å². The smallest absolute Gasteiger partial charge is 0.320 e. The number of hydrogen-bond donors (Lipinski definition) is 1. The molecule has 1 N–H and O–H groups in total. The number of hydrogen-bond acceptors (Lipinski definition) is 5. The lowest BCUT2D eigenvalue weighted by Gasteiger charge is -2.37. The topological polar surface area (TPSA) is 62.2 Å². The first-order valence-electron chi connectivity index (χ1n) is 7.99. The maximum absolute atomic E-state index is 11.3. The van der Waals surface area contributed by atoms with Crippen molar-refractivity contribution in [3.05, 3.63) is 23.8 Å². The fraction of sp³-hybridized carbons (Fsp3) is 0.588. The molecule has 1 saturated heterocycles. The van der Waals surface area contributed by atoms with Crippen LogP contribution in [0.1, 0.15) is 18.9 Å². The van der Waals surface area contributed by atoms with Crippen molar-refractivity contribution in [3.63, 3.8) is 0 Å². The highest BCUT2D eigenvalue weighted by molar-refractivity contribution is 5.73. The summed E-state index contributed by atoms with van der Waals surface area (Å²) in [6.45, 7) is 5.95. The van der Waals surface area contributed by atoms with Crippen LogP contribution < -0.4 is 9.47 Å². The Morgan fingerprint density at radius 1 is 1.22 bits per heavy atom. The van der Waals surface area contributed by atoms with Crippen LogP contribution in [0.3, 0.4) is 0 Å². The summed E-state index contributed by atoms with van der Waals surface area (Å²) in [6, 6.07) is 5.43. The van der Waals surface area contributed by atoms with Gasteiger partial charge in [0.25, 0.3) is 0 Å². The van der Waals surface area contributed by atoms with E-state index in [0.29, 0.717) is 6.42 Å². The summed E-state index contributed by atoms with van der Waals surface area (Å²) in [7, 11) is 3.32. The number of benzene rings is 1. The molecule has 6 nitrogen and oxygen atoms in total. The Hall–Kier alpha value is -1.79. The average molecular weight is 322 g/mol. The first kappa shape index (κ1) is 17.6. The lowest BCUT2D eigenvalue weighted by Crippen LogP contribution is -2.52. The molecule has 0 aromatic heterocycles. The van der Waals surface area contributed by atoms with Crippen molar-refractivity contribution < 1.29 is 19.4 Å². The molecule has 0 aliphatic carbocycles. The summed E-state index contributed by atoms with van der Waals surface area (Å²) < 4.78 is 10.7. The van der Waals surface area contributed by atoms with E-state index in [1.807, 2.05) is 25.1 Å². The van der Waals surface area contributed by atoms with Gasteiger partial charge in [0.15, 0.2) is 0 Å². The van der Waals surface area contributed by atoms with Crippen LogP contribution in [0.4, 0.5) is 0 Å². The minimum absolute atomic E-state index is 0.372. The second-order valence-electron chi connectivity index (χ2n) is 5.75. The van der Waals surface area contributed by atoms with E-state index in [1.54, 1.807) is 14.2 Å². The normalized spacial score (nSPS) is 17.7. The van der Waals surface area contributed by atoms with E-state index in [9.17, 15) is 9.90 Å². The number of aliphatic carboxylic acids is 1. The molecule has 1 unspecified atom stereocenters. The minimum atomic E-state index is -0.726. The average Bonchev–Trinajstić information content (AvgIpc) is 2.56. The molecule has 23 heavy (non-hydrogen) atoms. The van der Waals surface area contributed by atoms with Crippen molar-refractivity contribution in [1.29, 1.82) is 0 Å². The lowest BCUT2D eigenvalue weighted by atomic mass is 10.1. The minimum Gasteiger partial charge on any atom is -0.497 e. The van der Waals surface area contributed by atoms with Gasteiger partial charge in [-0.05, 0) is 24.6 Å². The molecule has 1 aromatic rings. The van der Waals surface area contributed by atoms with Gasteiger partial charge in [-0.3, -0.25) is 14.6 Å².